The summed E-state index contributed by atoms with van der Waals surface area (Å²) >= 11 is 13.2. The maximum atomic E-state index is 11.8. The molecule has 1 aromatic heterocycles. The first kappa shape index (κ1) is 14.3. The van der Waals surface area contributed by atoms with E-state index in [0.717, 1.165) is 0 Å². The third-order valence-electron chi connectivity index (χ3n) is 2.30. The zero-order chi connectivity index (χ0) is 13.8. The number of carbonyl (C=O) groups is 1. The number of rotatable bonds is 4. The Labute approximate surface area is 124 Å². The molecule has 1 amide bonds. The fraction of sp³-hybridized carbons (Fsp3) is 0.167. The van der Waals surface area contributed by atoms with Gasteiger partial charge in [-0.25, -0.2) is 4.98 Å². The minimum absolute atomic E-state index is 0.127. The first-order valence-electron chi connectivity index (χ1n) is 5.38. The summed E-state index contributed by atoms with van der Waals surface area (Å²) in [4.78, 5) is 15.9. The standard InChI is InChI=1S/C12H10Cl2N2O2S/c13-8-2-1-3-9(12(8)14)16-10(18)4-11-15-7(5-17)6-19-11/h1-3,6,17H,4-5H2,(H,16,18). The molecule has 7 heteroatoms. The number of nitrogens with one attached hydrogen (secondary N) is 1. The molecule has 0 aliphatic heterocycles. The summed E-state index contributed by atoms with van der Waals surface area (Å²) < 4.78 is 0. The van der Waals surface area contributed by atoms with Crippen LogP contribution in [0.15, 0.2) is 23.6 Å². The van der Waals surface area contributed by atoms with Crippen molar-refractivity contribution in [3.8, 4) is 0 Å². The number of hydrogen-bond acceptors (Lipinski definition) is 4. The molecule has 1 aromatic carbocycles. The Hall–Kier alpha value is -1.14. The van der Waals surface area contributed by atoms with Gasteiger partial charge in [0.2, 0.25) is 5.91 Å². The Morgan fingerprint density at radius 2 is 2.21 bits per heavy atom. The number of anilines is 1. The van der Waals surface area contributed by atoms with Crippen LogP contribution in [-0.4, -0.2) is 16.0 Å². The summed E-state index contributed by atoms with van der Waals surface area (Å²) in [5.41, 5.74) is 1.03. The summed E-state index contributed by atoms with van der Waals surface area (Å²) in [6, 6.07) is 5.03. The van der Waals surface area contributed by atoms with E-state index in [9.17, 15) is 4.79 Å². The van der Waals surface area contributed by atoms with Crippen LogP contribution < -0.4 is 5.32 Å². The van der Waals surface area contributed by atoms with E-state index in [1.165, 1.54) is 11.3 Å². The van der Waals surface area contributed by atoms with Gasteiger partial charge in [-0.1, -0.05) is 29.3 Å². The van der Waals surface area contributed by atoms with E-state index in [4.69, 9.17) is 28.3 Å². The van der Waals surface area contributed by atoms with Crippen LogP contribution in [0.2, 0.25) is 10.0 Å². The molecule has 0 atom stereocenters. The van der Waals surface area contributed by atoms with Crippen molar-refractivity contribution in [2.75, 3.05) is 5.32 Å². The molecular formula is C12H10Cl2N2O2S. The molecule has 0 fully saturated rings. The quantitative estimate of drug-likeness (QED) is 0.911. The number of halogens is 2. The van der Waals surface area contributed by atoms with Crippen molar-refractivity contribution in [2.45, 2.75) is 13.0 Å². The highest BCUT2D eigenvalue weighted by molar-refractivity contribution is 7.09. The minimum atomic E-state index is -0.233. The maximum absolute atomic E-state index is 11.8. The van der Waals surface area contributed by atoms with Crippen LogP contribution in [-0.2, 0) is 17.8 Å². The summed E-state index contributed by atoms with van der Waals surface area (Å²) in [5, 5.41) is 14.6. The van der Waals surface area contributed by atoms with Gasteiger partial charge in [0.1, 0.15) is 5.01 Å². The monoisotopic (exact) mass is 316 g/mol. The van der Waals surface area contributed by atoms with Crippen molar-refractivity contribution in [2.24, 2.45) is 0 Å². The van der Waals surface area contributed by atoms with Gasteiger partial charge in [-0.2, -0.15) is 0 Å². The molecule has 2 N–H and O–H groups in total. The van der Waals surface area contributed by atoms with E-state index < -0.39 is 0 Å². The normalized spacial score (nSPS) is 10.5. The number of aromatic nitrogens is 1. The smallest absolute Gasteiger partial charge is 0.231 e. The van der Waals surface area contributed by atoms with Crippen LogP contribution in [0.25, 0.3) is 0 Å². The third kappa shape index (κ3) is 3.67. The molecule has 0 saturated carbocycles. The third-order valence-corrected chi connectivity index (χ3v) is 4.02. The van der Waals surface area contributed by atoms with Crippen molar-refractivity contribution in [3.05, 3.63) is 44.3 Å². The van der Waals surface area contributed by atoms with Crippen molar-refractivity contribution in [1.82, 2.24) is 4.98 Å². The predicted octanol–water partition coefficient (Wildman–Crippen LogP) is 3.12. The summed E-state index contributed by atoms with van der Waals surface area (Å²) in [6.45, 7) is -0.127. The Balaban J connectivity index is 2.03. The lowest BCUT2D eigenvalue weighted by molar-refractivity contribution is -0.115. The van der Waals surface area contributed by atoms with Crippen LogP contribution in [0, 0.1) is 0 Å². The molecule has 0 aliphatic rings. The molecule has 0 radical (unpaired) electrons. The van der Waals surface area contributed by atoms with E-state index in [2.05, 4.69) is 10.3 Å². The first-order chi connectivity index (χ1) is 9.10. The SMILES string of the molecule is O=C(Cc1nc(CO)cs1)Nc1cccc(Cl)c1Cl. The Kier molecular flexibility index (Phi) is 4.76. The average molecular weight is 317 g/mol. The average Bonchev–Trinajstić information content (AvgIpc) is 2.82. The predicted molar refractivity (Wildman–Crippen MR) is 76.8 cm³/mol. The van der Waals surface area contributed by atoms with E-state index in [1.54, 1.807) is 23.6 Å². The molecule has 0 saturated heterocycles. The molecule has 4 nitrogen and oxygen atoms in total. The number of thiazole rings is 1. The highest BCUT2D eigenvalue weighted by Gasteiger charge is 2.11. The van der Waals surface area contributed by atoms with Crippen LogP contribution in [0.4, 0.5) is 5.69 Å². The fourth-order valence-electron chi connectivity index (χ4n) is 1.43. The summed E-state index contributed by atoms with van der Waals surface area (Å²) in [7, 11) is 0. The number of amides is 1. The van der Waals surface area contributed by atoms with Gasteiger partial charge in [0, 0.05) is 5.38 Å². The molecular weight excluding hydrogens is 307 g/mol. The molecule has 2 rings (SSSR count). The zero-order valence-electron chi connectivity index (χ0n) is 9.69. The Morgan fingerprint density at radius 3 is 2.89 bits per heavy atom. The van der Waals surface area contributed by atoms with E-state index in [0.29, 0.717) is 26.4 Å². The van der Waals surface area contributed by atoms with Crippen molar-refractivity contribution < 1.29 is 9.90 Å². The number of hydrogen-bond donors (Lipinski definition) is 2. The fourth-order valence-corrected chi connectivity index (χ4v) is 2.57. The topological polar surface area (TPSA) is 62.2 Å². The lowest BCUT2D eigenvalue weighted by Crippen LogP contribution is -2.14. The molecule has 0 bridgehead atoms. The Morgan fingerprint density at radius 1 is 1.42 bits per heavy atom. The number of aliphatic hydroxyl groups is 1. The number of aliphatic hydroxyl groups excluding tert-OH is 1. The van der Waals surface area contributed by atoms with E-state index >= 15 is 0 Å². The molecule has 0 aliphatic carbocycles. The van der Waals surface area contributed by atoms with Gasteiger partial charge < -0.3 is 10.4 Å². The zero-order valence-corrected chi connectivity index (χ0v) is 12.0. The largest absolute Gasteiger partial charge is 0.390 e. The molecule has 0 unspecified atom stereocenters. The van der Waals surface area contributed by atoms with E-state index in [1.807, 2.05) is 0 Å². The highest BCUT2D eigenvalue weighted by Crippen LogP contribution is 2.29. The van der Waals surface area contributed by atoms with Gasteiger partial charge in [-0.3, -0.25) is 4.79 Å². The van der Waals surface area contributed by atoms with Crippen molar-refractivity contribution in [3.63, 3.8) is 0 Å². The minimum Gasteiger partial charge on any atom is -0.390 e. The molecule has 2 aromatic rings. The first-order valence-corrected chi connectivity index (χ1v) is 7.01. The highest BCUT2D eigenvalue weighted by atomic mass is 35.5. The van der Waals surface area contributed by atoms with Gasteiger partial charge in [-0.05, 0) is 12.1 Å². The van der Waals surface area contributed by atoms with E-state index in [-0.39, 0.29) is 18.9 Å². The molecule has 1 heterocycles. The number of carbonyl (C=O) groups excluding carboxylic acids is 1. The maximum Gasteiger partial charge on any atom is 0.231 e. The summed E-state index contributed by atoms with van der Waals surface area (Å²) in [6.07, 6.45) is 0.132. The van der Waals surface area contributed by atoms with Crippen molar-refractivity contribution in [1.29, 1.82) is 0 Å². The van der Waals surface area contributed by atoms with Gasteiger partial charge in [-0.15, -0.1) is 11.3 Å². The molecule has 100 valence electrons. The van der Waals surface area contributed by atoms with Crippen LogP contribution in [0.5, 0.6) is 0 Å². The van der Waals surface area contributed by atoms with Crippen LogP contribution in [0.1, 0.15) is 10.7 Å². The second-order valence-electron chi connectivity index (χ2n) is 3.72. The number of benzene rings is 1. The lowest BCUT2D eigenvalue weighted by atomic mass is 10.3. The van der Waals surface area contributed by atoms with Crippen LogP contribution in [0.3, 0.4) is 0 Å². The van der Waals surface area contributed by atoms with Gasteiger partial charge in [0.25, 0.3) is 0 Å². The summed E-state index contributed by atoms with van der Waals surface area (Å²) in [5.74, 6) is -0.233. The molecule has 0 spiro atoms. The van der Waals surface area contributed by atoms with Gasteiger partial charge in [0.05, 0.1) is 34.5 Å². The van der Waals surface area contributed by atoms with Crippen molar-refractivity contribution >= 4 is 46.1 Å². The van der Waals surface area contributed by atoms with Gasteiger partial charge in [0.15, 0.2) is 0 Å². The van der Waals surface area contributed by atoms with Gasteiger partial charge >= 0.3 is 0 Å². The molecule has 19 heavy (non-hydrogen) atoms. The lowest BCUT2D eigenvalue weighted by Gasteiger charge is -2.07. The second kappa shape index (κ2) is 6.34. The Bertz CT molecular complexity index is 601. The van der Waals surface area contributed by atoms with Crippen LogP contribution >= 0.6 is 34.5 Å². The second-order valence-corrected chi connectivity index (χ2v) is 5.44. The number of nitrogens with zero attached hydrogens (tertiary/aromatic N) is 1.